The second-order valence-corrected chi connectivity index (χ2v) is 3.67. The van der Waals surface area contributed by atoms with E-state index in [-0.39, 0.29) is 6.10 Å². The van der Waals surface area contributed by atoms with Crippen molar-refractivity contribution in [3.63, 3.8) is 0 Å². The summed E-state index contributed by atoms with van der Waals surface area (Å²) in [5.74, 6) is 0. The molecule has 0 bridgehead atoms. The molecule has 0 aliphatic carbocycles. The van der Waals surface area contributed by atoms with E-state index in [1.54, 1.807) is 7.11 Å². The van der Waals surface area contributed by atoms with Crippen LogP contribution in [0, 0.1) is 6.92 Å². The molecule has 0 aliphatic rings. The molecular formula is C12H19NO. The molecule has 0 fully saturated rings. The lowest BCUT2D eigenvalue weighted by atomic mass is 10.1. The number of hydrogen-bond donors (Lipinski definition) is 1. The first-order valence-electron chi connectivity index (χ1n) is 5.01. The predicted octanol–water partition coefficient (Wildman–Crippen LogP) is 2.12. The number of ether oxygens (including phenoxy) is 1. The molecule has 1 atom stereocenters. The van der Waals surface area contributed by atoms with Crippen molar-refractivity contribution in [1.29, 1.82) is 0 Å². The molecule has 0 aliphatic heterocycles. The minimum absolute atomic E-state index is 0.278. The van der Waals surface area contributed by atoms with Gasteiger partial charge in [-0.2, -0.15) is 0 Å². The van der Waals surface area contributed by atoms with Crippen LogP contribution in [0.2, 0.25) is 0 Å². The van der Waals surface area contributed by atoms with Gasteiger partial charge in [0.05, 0.1) is 6.10 Å². The fourth-order valence-electron chi connectivity index (χ4n) is 1.33. The molecule has 1 aromatic carbocycles. The van der Waals surface area contributed by atoms with Crippen LogP contribution in [-0.4, -0.2) is 19.8 Å². The van der Waals surface area contributed by atoms with Crippen molar-refractivity contribution < 1.29 is 4.74 Å². The average Bonchev–Trinajstić information content (AvgIpc) is 2.17. The van der Waals surface area contributed by atoms with Crippen LogP contribution in [-0.2, 0) is 11.3 Å². The standard InChI is InChI=1S/C12H19NO/c1-10-5-4-6-12(7-10)9-13-8-11(2)14-3/h4-7,11,13H,8-9H2,1-3H3. The van der Waals surface area contributed by atoms with Gasteiger partial charge < -0.3 is 10.1 Å². The summed E-state index contributed by atoms with van der Waals surface area (Å²) >= 11 is 0. The van der Waals surface area contributed by atoms with Crippen LogP contribution in [0.25, 0.3) is 0 Å². The van der Waals surface area contributed by atoms with Crippen LogP contribution >= 0.6 is 0 Å². The third-order valence-electron chi connectivity index (χ3n) is 2.25. The summed E-state index contributed by atoms with van der Waals surface area (Å²) in [5.41, 5.74) is 2.64. The van der Waals surface area contributed by atoms with Gasteiger partial charge in [0, 0.05) is 20.2 Å². The first-order valence-corrected chi connectivity index (χ1v) is 5.01. The van der Waals surface area contributed by atoms with Crippen molar-refractivity contribution in [2.75, 3.05) is 13.7 Å². The smallest absolute Gasteiger partial charge is 0.0667 e. The molecule has 0 saturated carbocycles. The van der Waals surface area contributed by atoms with Gasteiger partial charge in [-0.15, -0.1) is 0 Å². The summed E-state index contributed by atoms with van der Waals surface area (Å²) in [7, 11) is 1.74. The molecule has 1 aromatic rings. The Hall–Kier alpha value is -0.860. The van der Waals surface area contributed by atoms with Gasteiger partial charge in [-0.05, 0) is 19.4 Å². The fourth-order valence-corrected chi connectivity index (χ4v) is 1.33. The number of methoxy groups -OCH3 is 1. The van der Waals surface area contributed by atoms with Crippen LogP contribution in [0.4, 0.5) is 0 Å². The van der Waals surface area contributed by atoms with Gasteiger partial charge in [-0.25, -0.2) is 0 Å². The number of benzene rings is 1. The van der Waals surface area contributed by atoms with Gasteiger partial charge >= 0.3 is 0 Å². The minimum atomic E-state index is 0.278. The summed E-state index contributed by atoms with van der Waals surface area (Å²) < 4.78 is 5.15. The lowest BCUT2D eigenvalue weighted by Crippen LogP contribution is -2.25. The maximum atomic E-state index is 5.15. The van der Waals surface area contributed by atoms with Gasteiger partial charge in [0.2, 0.25) is 0 Å². The molecular weight excluding hydrogens is 174 g/mol. The largest absolute Gasteiger partial charge is 0.380 e. The van der Waals surface area contributed by atoms with Crippen LogP contribution < -0.4 is 5.32 Å². The van der Waals surface area contributed by atoms with Gasteiger partial charge in [-0.1, -0.05) is 29.8 Å². The molecule has 0 saturated heterocycles. The molecule has 1 N–H and O–H groups in total. The van der Waals surface area contributed by atoms with E-state index in [0.29, 0.717) is 0 Å². The molecule has 0 radical (unpaired) electrons. The Morgan fingerprint density at radius 1 is 1.43 bits per heavy atom. The van der Waals surface area contributed by atoms with Gasteiger partial charge in [0.25, 0.3) is 0 Å². The Balaban J connectivity index is 2.31. The highest BCUT2D eigenvalue weighted by atomic mass is 16.5. The lowest BCUT2D eigenvalue weighted by Gasteiger charge is -2.10. The summed E-state index contributed by atoms with van der Waals surface area (Å²) in [4.78, 5) is 0. The Morgan fingerprint density at radius 3 is 2.86 bits per heavy atom. The SMILES string of the molecule is COC(C)CNCc1cccc(C)c1. The molecule has 0 aromatic heterocycles. The van der Waals surface area contributed by atoms with Crippen molar-refractivity contribution in [1.82, 2.24) is 5.32 Å². The molecule has 1 rings (SSSR count). The van der Waals surface area contributed by atoms with Crippen LogP contribution in [0.3, 0.4) is 0 Å². The summed E-state index contributed by atoms with van der Waals surface area (Å²) in [6.45, 7) is 5.98. The van der Waals surface area contributed by atoms with Gasteiger partial charge in [0.1, 0.15) is 0 Å². The van der Waals surface area contributed by atoms with Crippen LogP contribution in [0.1, 0.15) is 18.1 Å². The first kappa shape index (κ1) is 11.2. The van der Waals surface area contributed by atoms with E-state index in [1.165, 1.54) is 11.1 Å². The third-order valence-corrected chi connectivity index (χ3v) is 2.25. The predicted molar refractivity (Wildman–Crippen MR) is 59.4 cm³/mol. The number of hydrogen-bond acceptors (Lipinski definition) is 2. The Bertz CT molecular complexity index is 273. The van der Waals surface area contributed by atoms with Crippen molar-refractivity contribution in [3.8, 4) is 0 Å². The highest BCUT2D eigenvalue weighted by molar-refractivity contribution is 5.21. The third kappa shape index (κ3) is 3.90. The minimum Gasteiger partial charge on any atom is -0.380 e. The van der Waals surface area contributed by atoms with E-state index in [2.05, 4.69) is 43.4 Å². The van der Waals surface area contributed by atoms with E-state index in [1.807, 2.05) is 0 Å². The zero-order valence-corrected chi connectivity index (χ0v) is 9.21. The van der Waals surface area contributed by atoms with Crippen molar-refractivity contribution in [2.24, 2.45) is 0 Å². The maximum Gasteiger partial charge on any atom is 0.0667 e. The van der Waals surface area contributed by atoms with E-state index in [0.717, 1.165) is 13.1 Å². The van der Waals surface area contributed by atoms with Crippen molar-refractivity contribution in [2.45, 2.75) is 26.5 Å². The highest BCUT2D eigenvalue weighted by Crippen LogP contribution is 2.03. The molecule has 0 heterocycles. The number of aryl methyl sites for hydroxylation is 1. The first-order chi connectivity index (χ1) is 6.72. The number of rotatable bonds is 5. The van der Waals surface area contributed by atoms with Crippen LogP contribution in [0.15, 0.2) is 24.3 Å². The Kier molecular flexibility index (Phi) is 4.63. The average molecular weight is 193 g/mol. The van der Waals surface area contributed by atoms with E-state index in [4.69, 9.17) is 4.74 Å². The monoisotopic (exact) mass is 193 g/mol. The van der Waals surface area contributed by atoms with Crippen molar-refractivity contribution >= 4 is 0 Å². The van der Waals surface area contributed by atoms with E-state index < -0.39 is 0 Å². The molecule has 2 nitrogen and oxygen atoms in total. The molecule has 0 spiro atoms. The normalized spacial score (nSPS) is 12.8. The summed E-state index contributed by atoms with van der Waals surface area (Å²) in [5, 5.41) is 3.35. The van der Waals surface area contributed by atoms with Gasteiger partial charge in [0.15, 0.2) is 0 Å². The Labute approximate surface area is 86.3 Å². The zero-order chi connectivity index (χ0) is 10.4. The summed E-state index contributed by atoms with van der Waals surface area (Å²) in [6.07, 6.45) is 0.278. The zero-order valence-electron chi connectivity index (χ0n) is 9.21. The topological polar surface area (TPSA) is 21.3 Å². The second kappa shape index (κ2) is 5.78. The quantitative estimate of drug-likeness (QED) is 0.773. The Morgan fingerprint density at radius 2 is 2.21 bits per heavy atom. The van der Waals surface area contributed by atoms with Gasteiger partial charge in [-0.3, -0.25) is 0 Å². The summed E-state index contributed by atoms with van der Waals surface area (Å²) in [6, 6.07) is 8.54. The van der Waals surface area contributed by atoms with Crippen LogP contribution in [0.5, 0.6) is 0 Å². The van der Waals surface area contributed by atoms with Crippen molar-refractivity contribution in [3.05, 3.63) is 35.4 Å². The van der Waals surface area contributed by atoms with E-state index in [9.17, 15) is 0 Å². The lowest BCUT2D eigenvalue weighted by molar-refractivity contribution is 0.117. The highest BCUT2D eigenvalue weighted by Gasteiger charge is 1.98. The molecule has 14 heavy (non-hydrogen) atoms. The number of nitrogens with one attached hydrogen (secondary N) is 1. The fraction of sp³-hybridized carbons (Fsp3) is 0.500. The molecule has 0 amide bonds. The molecule has 1 unspecified atom stereocenters. The second-order valence-electron chi connectivity index (χ2n) is 3.67. The molecule has 78 valence electrons. The maximum absolute atomic E-state index is 5.15. The molecule has 2 heteroatoms. The van der Waals surface area contributed by atoms with E-state index >= 15 is 0 Å².